The quantitative estimate of drug-likeness (QED) is 0.721. The van der Waals surface area contributed by atoms with E-state index in [2.05, 4.69) is 33.9 Å². The third-order valence-corrected chi connectivity index (χ3v) is 7.17. The molecule has 0 saturated carbocycles. The van der Waals surface area contributed by atoms with E-state index >= 15 is 0 Å². The van der Waals surface area contributed by atoms with Crippen molar-refractivity contribution in [2.24, 2.45) is 5.92 Å². The fourth-order valence-electron chi connectivity index (χ4n) is 3.87. The fraction of sp³-hybridized carbons (Fsp3) is 0.778. The van der Waals surface area contributed by atoms with Gasteiger partial charge in [-0.1, -0.05) is 20.8 Å². The summed E-state index contributed by atoms with van der Waals surface area (Å²) >= 11 is 0. The van der Waals surface area contributed by atoms with E-state index in [0.29, 0.717) is 37.9 Å². The Morgan fingerprint density at radius 1 is 1.37 bits per heavy atom. The lowest BCUT2D eigenvalue weighted by Gasteiger charge is -2.35. The number of hydrogen-bond acceptors (Lipinski definition) is 7. The van der Waals surface area contributed by atoms with Gasteiger partial charge in [0, 0.05) is 32.4 Å². The van der Waals surface area contributed by atoms with Crippen LogP contribution in [0.4, 0.5) is 11.8 Å². The Balaban J connectivity index is 1.67. The van der Waals surface area contributed by atoms with E-state index in [1.165, 1.54) is 0 Å². The number of hydrogen-bond donors (Lipinski definition) is 2. The Morgan fingerprint density at radius 2 is 2.19 bits per heavy atom. The second-order valence-electron chi connectivity index (χ2n) is 7.61. The Kier molecular flexibility index (Phi) is 6.54. The maximum atomic E-state index is 12.2. The Morgan fingerprint density at radius 3 is 2.93 bits per heavy atom. The number of aromatic nitrogens is 2. The lowest BCUT2D eigenvalue weighted by atomic mass is 9.94. The third kappa shape index (κ3) is 4.89. The van der Waals surface area contributed by atoms with Gasteiger partial charge in [-0.3, -0.25) is 0 Å². The molecule has 2 fully saturated rings. The van der Waals surface area contributed by atoms with Crippen LogP contribution in [0.1, 0.15) is 40.0 Å². The van der Waals surface area contributed by atoms with Gasteiger partial charge in [-0.25, -0.2) is 18.1 Å². The minimum Gasteiger partial charge on any atom is -0.376 e. The van der Waals surface area contributed by atoms with Crippen LogP contribution in [-0.4, -0.2) is 62.0 Å². The van der Waals surface area contributed by atoms with Crippen LogP contribution < -0.4 is 14.9 Å². The predicted molar refractivity (Wildman–Crippen MR) is 106 cm³/mol. The van der Waals surface area contributed by atoms with Gasteiger partial charge in [0.2, 0.25) is 16.0 Å². The molecule has 0 unspecified atom stereocenters. The molecule has 1 aromatic rings. The van der Waals surface area contributed by atoms with Gasteiger partial charge in [0.1, 0.15) is 5.82 Å². The highest BCUT2D eigenvalue weighted by Gasteiger charge is 2.34. The first-order valence-electron chi connectivity index (χ1n) is 9.85. The zero-order valence-corrected chi connectivity index (χ0v) is 17.2. The minimum atomic E-state index is -3.28. The van der Waals surface area contributed by atoms with Crippen molar-refractivity contribution in [1.82, 2.24) is 14.7 Å². The molecule has 1 aromatic heterocycles. The van der Waals surface area contributed by atoms with Crippen LogP contribution in [0.2, 0.25) is 0 Å². The summed E-state index contributed by atoms with van der Waals surface area (Å²) in [5, 5.41) is 3.08. The van der Waals surface area contributed by atoms with E-state index < -0.39 is 15.3 Å². The summed E-state index contributed by atoms with van der Waals surface area (Å²) in [6.07, 6.45) is 4.57. The minimum absolute atomic E-state index is 0.165. The highest BCUT2D eigenvalue weighted by atomic mass is 32.2. The molecule has 0 spiro atoms. The SMILES string of the molecule is CCNS(=O)(=O)[C@@H]1CCN(c2nccc(N[C@@H]3CCCO[C@H]3C(C)C)n2)C1. The van der Waals surface area contributed by atoms with Crippen molar-refractivity contribution in [1.29, 1.82) is 0 Å². The summed E-state index contributed by atoms with van der Waals surface area (Å²) in [5.41, 5.74) is 0. The van der Waals surface area contributed by atoms with Crippen molar-refractivity contribution in [3.05, 3.63) is 12.3 Å². The third-order valence-electron chi connectivity index (χ3n) is 5.21. The molecule has 2 aliphatic rings. The molecule has 0 radical (unpaired) electrons. The average molecular weight is 398 g/mol. The van der Waals surface area contributed by atoms with E-state index in [0.717, 1.165) is 25.3 Å². The first kappa shape index (κ1) is 20.3. The van der Waals surface area contributed by atoms with Gasteiger partial charge in [-0.05, 0) is 31.2 Å². The molecule has 0 aromatic carbocycles. The number of sulfonamides is 1. The first-order valence-corrected chi connectivity index (χ1v) is 11.4. The van der Waals surface area contributed by atoms with Gasteiger partial charge in [-0.15, -0.1) is 0 Å². The van der Waals surface area contributed by atoms with Crippen molar-refractivity contribution >= 4 is 21.8 Å². The molecule has 3 rings (SSSR count). The summed E-state index contributed by atoms with van der Waals surface area (Å²) in [4.78, 5) is 10.9. The zero-order valence-electron chi connectivity index (χ0n) is 16.4. The normalized spacial score (nSPS) is 26.5. The van der Waals surface area contributed by atoms with Gasteiger partial charge >= 0.3 is 0 Å². The van der Waals surface area contributed by atoms with Crippen LogP contribution in [-0.2, 0) is 14.8 Å². The molecule has 9 heteroatoms. The van der Waals surface area contributed by atoms with Crippen LogP contribution in [0.25, 0.3) is 0 Å². The number of anilines is 2. The van der Waals surface area contributed by atoms with Crippen molar-refractivity contribution in [2.75, 3.05) is 36.5 Å². The molecular formula is C18H31N5O3S. The van der Waals surface area contributed by atoms with Crippen molar-refractivity contribution < 1.29 is 13.2 Å². The predicted octanol–water partition coefficient (Wildman–Crippen LogP) is 1.61. The number of nitrogens with one attached hydrogen (secondary N) is 2. The molecule has 0 amide bonds. The van der Waals surface area contributed by atoms with Crippen molar-refractivity contribution in [2.45, 2.75) is 57.4 Å². The van der Waals surface area contributed by atoms with E-state index in [1.54, 1.807) is 13.1 Å². The lowest BCUT2D eigenvalue weighted by Crippen LogP contribution is -2.43. The molecule has 2 saturated heterocycles. The Labute approximate surface area is 162 Å². The molecule has 152 valence electrons. The van der Waals surface area contributed by atoms with Crippen LogP contribution >= 0.6 is 0 Å². The zero-order chi connectivity index (χ0) is 19.4. The topological polar surface area (TPSA) is 96.5 Å². The lowest BCUT2D eigenvalue weighted by molar-refractivity contribution is -0.0203. The number of nitrogens with zero attached hydrogens (tertiary/aromatic N) is 3. The smallest absolute Gasteiger partial charge is 0.227 e. The summed E-state index contributed by atoms with van der Waals surface area (Å²) < 4.78 is 33.0. The summed E-state index contributed by atoms with van der Waals surface area (Å²) in [6, 6.07) is 2.08. The molecule has 0 bridgehead atoms. The Bertz CT molecular complexity index is 727. The molecule has 2 aliphatic heterocycles. The van der Waals surface area contributed by atoms with Gasteiger partial charge in [0.05, 0.1) is 17.4 Å². The van der Waals surface area contributed by atoms with Crippen LogP contribution in [0, 0.1) is 5.92 Å². The number of ether oxygens (including phenoxy) is 1. The molecule has 8 nitrogen and oxygen atoms in total. The molecular weight excluding hydrogens is 366 g/mol. The summed E-state index contributed by atoms with van der Waals surface area (Å²) in [7, 11) is -3.28. The van der Waals surface area contributed by atoms with Crippen LogP contribution in [0.5, 0.6) is 0 Å². The standard InChI is InChI=1S/C18H31N5O3S/c1-4-20-27(24,25)14-8-10-23(12-14)18-19-9-7-16(22-18)21-15-6-5-11-26-17(15)13(2)3/h7,9,13-15,17,20H,4-6,8,10-12H2,1-3H3,(H,19,21,22)/t14-,15-,17+/m1/s1. The molecule has 3 heterocycles. The van der Waals surface area contributed by atoms with Crippen molar-refractivity contribution in [3.63, 3.8) is 0 Å². The molecule has 27 heavy (non-hydrogen) atoms. The second-order valence-corrected chi connectivity index (χ2v) is 9.66. The van der Waals surface area contributed by atoms with E-state index in [-0.39, 0.29) is 12.1 Å². The highest BCUT2D eigenvalue weighted by Crippen LogP contribution is 2.25. The monoisotopic (exact) mass is 397 g/mol. The summed E-state index contributed by atoms with van der Waals surface area (Å²) in [5.74, 6) is 1.77. The van der Waals surface area contributed by atoms with Gasteiger partial charge in [0.25, 0.3) is 0 Å². The average Bonchev–Trinajstić information content (AvgIpc) is 3.13. The Hall–Kier alpha value is -1.45. The maximum Gasteiger partial charge on any atom is 0.227 e. The highest BCUT2D eigenvalue weighted by molar-refractivity contribution is 7.90. The van der Waals surface area contributed by atoms with Gasteiger partial charge < -0.3 is 15.0 Å². The molecule has 0 aliphatic carbocycles. The first-order chi connectivity index (χ1) is 12.9. The molecule has 2 N–H and O–H groups in total. The van der Waals surface area contributed by atoms with E-state index in [9.17, 15) is 8.42 Å². The second kappa shape index (κ2) is 8.70. The van der Waals surface area contributed by atoms with Crippen molar-refractivity contribution in [3.8, 4) is 0 Å². The fourth-order valence-corrected chi connectivity index (χ4v) is 5.30. The van der Waals surface area contributed by atoms with Crippen LogP contribution in [0.15, 0.2) is 12.3 Å². The van der Waals surface area contributed by atoms with Gasteiger partial charge in [0.15, 0.2) is 0 Å². The summed E-state index contributed by atoms with van der Waals surface area (Å²) in [6.45, 7) is 8.42. The number of rotatable bonds is 7. The maximum absolute atomic E-state index is 12.2. The molecule has 3 atom stereocenters. The van der Waals surface area contributed by atoms with E-state index in [4.69, 9.17) is 4.74 Å². The largest absolute Gasteiger partial charge is 0.376 e. The van der Waals surface area contributed by atoms with Gasteiger partial charge in [-0.2, -0.15) is 4.98 Å². The van der Waals surface area contributed by atoms with E-state index in [1.807, 2.05) is 11.0 Å². The van der Waals surface area contributed by atoms with Crippen LogP contribution in [0.3, 0.4) is 0 Å².